The molecule has 0 aliphatic heterocycles. The molecular formula is C15H11BrF2N2. The minimum Gasteiger partial charge on any atom is -0.364 e. The molecule has 0 spiro atoms. The van der Waals surface area contributed by atoms with Crippen LogP contribution >= 0.6 is 15.9 Å². The molecule has 2 aromatic heterocycles. The Labute approximate surface area is 123 Å². The van der Waals surface area contributed by atoms with Gasteiger partial charge in [-0.05, 0) is 42.0 Å². The number of halogens is 3. The predicted octanol–water partition coefficient (Wildman–Crippen LogP) is 4.56. The number of rotatable bonds is 3. The van der Waals surface area contributed by atoms with E-state index in [-0.39, 0.29) is 5.92 Å². The molecular weight excluding hydrogens is 326 g/mol. The summed E-state index contributed by atoms with van der Waals surface area (Å²) in [6.07, 6.45) is 3.61. The Hall–Kier alpha value is -1.88. The van der Waals surface area contributed by atoms with E-state index in [1.807, 2.05) is 24.3 Å². The molecule has 0 amide bonds. The van der Waals surface area contributed by atoms with Crippen LogP contribution in [0.1, 0.15) is 22.9 Å². The van der Waals surface area contributed by atoms with Crippen molar-refractivity contribution in [2.75, 3.05) is 0 Å². The van der Waals surface area contributed by atoms with E-state index in [1.165, 1.54) is 6.07 Å². The zero-order valence-electron chi connectivity index (χ0n) is 10.3. The maximum atomic E-state index is 13.6. The fourth-order valence-corrected chi connectivity index (χ4v) is 2.85. The minimum atomic E-state index is -0.864. The first-order valence-corrected chi connectivity index (χ1v) is 6.87. The SMILES string of the molecule is Fc1cc(Br)c(C(c2ccc[nH]2)c2ccc[nH]2)cc1F. The molecule has 0 atom stereocenters. The highest BCUT2D eigenvalue weighted by Gasteiger charge is 2.22. The third kappa shape index (κ3) is 2.29. The van der Waals surface area contributed by atoms with Gasteiger partial charge in [-0.25, -0.2) is 8.78 Å². The van der Waals surface area contributed by atoms with Crippen LogP contribution in [0.3, 0.4) is 0 Å². The van der Waals surface area contributed by atoms with Crippen molar-refractivity contribution in [1.82, 2.24) is 9.97 Å². The maximum absolute atomic E-state index is 13.6. The lowest BCUT2D eigenvalue weighted by Crippen LogP contribution is -2.06. The number of benzene rings is 1. The normalized spacial score (nSPS) is 11.2. The molecule has 2 heterocycles. The molecule has 3 rings (SSSR count). The number of hydrogen-bond acceptors (Lipinski definition) is 0. The van der Waals surface area contributed by atoms with Crippen LogP contribution in [0.25, 0.3) is 0 Å². The van der Waals surface area contributed by atoms with Gasteiger partial charge in [-0.3, -0.25) is 0 Å². The monoisotopic (exact) mass is 336 g/mol. The van der Waals surface area contributed by atoms with Gasteiger partial charge in [0, 0.05) is 28.3 Å². The predicted molar refractivity (Wildman–Crippen MR) is 76.6 cm³/mol. The second-order valence-corrected chi connectivity index (χ2v) is 5.33. The lowest BCUT2D eigenvalue weighted by molar-refractivity contribution is 0.506. The third-order valence-electron chi connectivity index (χ3n) is 3.22. The molecule has 3 aromatic rings. The van der Waals surface area contributed by atoms with Gasteiger partial charge in [0.1, 0.15) is 0 Å². The summed E-state index contributed by atoms with van der Waals surface area (Å²) in [7, 11) is 0. The number of nitrogens with one attached hydrogen (secondary N) is 2. The molecule has 0 saturated heterocycles. The Morgan fingerprint density at radius 2 is 1.45 bits per heavy atom. The molecule has 2 N–H and O–H groups in total. The van der Waals surface area contributed by atoms with Crippen LogP contribution in [0.15, 0.2) is 53.3 Å². The second-order valence-electron chi connectivity index (χ2n) is 4.47. The van der Waals surface area contributed by atoms with Gasteiger partial charge >= 0.3 is 0 Å². The largest absolute Gasteiger partial charge is 0.364 e. The number of hydrogen-bond donors (Lipinski definition) is 2. The molecule has 0 unspecified atom stereocenters. The van der Waals surface area contributed by atoms with Crippen molar-refractivity contribution >= 4 is 15.9 Å². The van der Waals surface area contributed by atoms with Crippen molar-refractivity contribution < 1.29 is 8.78 Å². The summed E-state index contributed by atoms with van der Waals surface area (Å²) >= 11 is 3.32. The molecule has 5 heteroatoms. The summed E-state index contributed by atoms with van der Waals surface area (Å²) in [5.41, 5.74) is 2.46. The highest BCUT2D eigenvalue weighted by atomic mass is 79.9. The quantitative estimate of drug-likeness (QED) is 0.657. The topological polar surface area (TPSA) is 31.6 Å². The average molecular weight is 337 g/mol. The molecule has 0 aliphatic carbocycles. The Kier molecular flexibility index (Phi) is 3.44. The van der Waals surface area contributed by atoms with Gasteiger partial charge in [0.25, 0.3) is 0 Å². The maximum Gasteiger partial charge on any atom is 0.159 e. The van der Waals surface area contributed by atoms with Gasteiger partial charge in [-0.1, -0.05) is 15.9 Å². The highest BCUT2D eigenvalue weighted by molar-refractivity contribution is 9.10. The molecule has 0 radical (unpaired) electrons. The van der Waals surface area contributed by atoms with E-state index in [4.69, 9.17) is 0 Å². The average Bonchev–Trinajstić information content (AvgIpc) is 3.09. The van der Waals surface area contributed by atoms with Gasteiger partial charge in [-0.2, -0.15) is 0 Å². The van der Waals surface area contributed by atoms with E-state index in [0.29, 0.717) is 10.0 Å². The Morgan fingerprint density at radius 1 is 0.900 bits per heavy atom. The van der Waals surface area contributed by atoms with E-state index < -0.39 is 11.6 Å². The van der Waals surface area contributed by atoms with Gasteiger partial charge < -0.3 is 9.97 Å². The fourth-order valence-electron chi connectivity index (χ4n) is 2.31. The zero-order chi connectivity index (χ0) is 14.1. The summed E-state index contributed by atoms with van der Waals surface area (Å²) in [6, 6.07) is 9.96. The third-order valence-corrected chi connectivity index (χ3v) is 3.90. The highest BCUT2D eigenvalue weighted by Crippen LogP contribution is 2.35. The Morgan fingerprint density at radius 3 is 1.95 bits per heavy atom. The Balaban J connectivity index is 2.18. The van der Waals surface area contributed by atoms with E-state index in [2.05, 4.69) is 25.9 Å². The van der Waals surface area contributed by atoms with Crippen LogP contribution in [0, 0.1) is 11.6 Å². The lowest BCUT2D eigenvalue weighted by Gasteiger charge is -2.17. The van der Waals surface area contributed by atoms with Crippen molar-refractivity contribution in [1.29, 1.82) is 0 Å². The van der Waals surface area contributed by atoms with Crippen molar-refractivity contribution in [3.63, 3.8) is 0 Å². The smallest absolute Gasteiger partial charge is 0.159 e. The summed E-state index contributed by atoms with van der Waals surface area (Å²) in [5, 5.41) is 0. The van der Waals surface area contributed by atoms with Gasteiger partial charge in [0.15, 0.2) is 11.6 Å². The van der Waals surface area contributed by atoms with Crippen molar-refractivity contribution in [2.45, 2.75) is 5.92 Å². The summed E-state index contributed by atoms with van der Waals surface area (Å²) in [5.74, 6) is -1.94. The zero-order valence-corrected chi connectivity index (χ0v) is 11.9. The standard InChI is InChI=1S/C15H11BrF2N2/c16-10-8-12(18)11(17)7-9(10)15(13-3-1-5-19-13)14-4-2-6-20-14/h1-8,15,19-20H. The van der Waals surface area contributed by atoms with Gasteiger partial charge in [0.05, 0.1) is 5.92 Å². The van der Waals surface area contributed by atoms with Crippen LogP contribution in [0.4, 0.5) is 8.78 Å². The molecule has 1 aromatic carbocycles. The van der Waals surface area contributed by atoms with E-state index in [1.54, 1.807) is 12.4 Å². The van der Waals surface area contributed by atoms with E-state index in [9.17, 15) is 8.78 Å². The first-order valence-electron chi connectivity index (χ1n) is 6.08. The molecule has 0 aliphatic rings. The molecule has 20 heavy (non-hydrogen) atoms. The lowest BCUT2D eigenvalue weighted by atomic mass is 9.92. The molecule has 0 fully saturated rings. The number of aromatic nitrogens is 2. The summed E-state index contributed by atoms with van der Waals surface area (Å²) in [6.45, 7) is 0. The fraction of sp³-hybridized carbons (Fsp3) is 0.0667. The Bertz CT molecular complexity index is 672. The number of aromatic amines is 2. The van der Waals surface area contributed by atoms with E-state index in [0.717, 1.165) is 17.5 Å². The summed E-state index contributed by atoms with van der Waals surface area (Å²) in [4.78, 5) is 6.26. The first-order chi connectivity index (χ1) is 9.66. The minimum absolute atomic E-state index is 0.218. The van der Waals surface area contributed by atoms with Crippen molar-refractivity contribution in [2.24, 2.45) is 0 Å². The first kappa shape index (κ1) is 13.1. The summed E-state index contributed by atoms with van der Waals surface area (Å²) < 4.78 is 27.4. The van der Waals surface area contributed by atoms with Crippen molar-refractivity contribution in [3.8, 4) is 0 Å². The van der Waals surface area contributed by atoms with Crippen LogP contribution in [-0.4, -0.2) is 9.97 Å². The van der Waals surface area contributed by atoms with Crippen LogP contribution in [0.2, 0.25) is 0 Å². The van der Waals surface area contributed by atoms with Crippen LogP contribution in [-0.2, 0) is 0 Å². The second kappa shape index (κ2) is 5.25. The van der Waals surface area contributed by atoms with E-state index >= 15 is 0 Å². The molecule has 0 bridgehead atoms. The van der Waals surface area contributed by atoms with Crippen molar-refractivity contribution in [3.05, 3.63) is 81.9 Å². The van der Waals surface area contributed by atoms with Crippen LogP contribution in [0.5, 0.6) is 0 Å². The van der Waals surface area contributed by atoms with Crippen LogP contribution < -0.4 is 0 Å². The number of H-pyrrole nitrogens is 2. The molecule has 2 nitrogen and oxygen atoms in total. The van der Waals surface area contributed by atoms with Gasteiger partial charge in [-0.15, -0.1) is 0 Å². The molecule has 0 saturated carbocycles. The van der Waals surface area contributed by atoms with Gasteiger partial charge in [0.2, 0.25) is 0 Å². The molecule has 102 valence electrons.